The molecule has 1 heterocycles. The normalized spacial score (nSPS) is 10.7. The third kappa shape index (κ3) is 4.53. The maximum atomic E-state index is 13.0. The zero-order valence-corrected chi connectivity index (χ0v) is 15.5. The van der Waals surface area contributed by atoms with Crippen LogP contribution in [0.1, 0.15) is 38.5 Å². The van der Waals surface area contributed by atoms with Crippen LogP contribution in [0.4, 0.5) is 4.39 Å². The molecule has 0 spiro atoms. The molecule has 0 aliphatic carbocycles. The van der Waals surface area contributed by atoms with Crippen LogP contribution in [0.5, 0.6) is 5.75 Å². The third-order valence-corrected chi connectivity index (χ3v) is 4.27. The predicted molar refractivity (Wildman–Crippen MR) is 99.1 cm³/mol. The Morgan fingerprint density at radius 2 is 1.89 bits per heavy atom. The van der Waals surface area contributed by atoms with Crippen molar-refractivity contribution in [3.05, 3.63) is 82.0 Å². The SMILES string of the molecule is Cc1ccc(OCc2c(C(=O)NCc3ccc(F)cc3)noc2C)c(C)c1. The van der Waals surface area contributed by atoms with Gasteiger partial charge in [-0.2, -0.15) is 0 Å². The summed E-state index contributed by atoms with van der Waals surface area (Å²) in [4.78, 5) is 12.5. The number of aryl methyl sites for hydroxylation is 3. The second-order valence-electron chi connectivity index (χ2n) is 6.43. The van der Waals surface area contributed by atoms with E-state index in [0.29, 0.717) is 11.3 Å². The van der Waals surface area contributed by atoms with Crippen molar-refractivity contribution in [1.29, 1.82) is 0 Å². The number of nitrogens with zero attached hydrogens (tertiary/aromatic N) is 1. The molecule has 5 nitrogen and oxygen atoms in total. The van der Waals surface area contributed by atoms with Crippen molar-refractivity contribution in [1.82, 2.24) is 10.5 Å². The summed E-state index contributed by atoms with van der Waals surface area (Å²) in [6.45, 7) is 6.18. The zero-order chi connectivity index (χ0) is 19.4. The summed E-state index contributed by atoms with van der Waals surface area (Å²) in [5.41, 5.74) is 3.76. The molecule has 6 heteroatoms. The molecule has 3 aromatic rings. The van der Waals surface area contributed by atoms with Gasteiger partial charge in [-0.25, -0.2) is 4.39 Å². The van der Waals surface area contributed by atoms with Crippen LogP contribution in [-0.4, -0.2) is 11.1 Å². The first-order chi connectivity index (χ1) is 12.9. The number of amides is 1. The Bertz CT molecular complexity index is 949. The van der Waals surface area contributed by atoms with Crippen molar-refractivity contribution in [2.75, 3.05) is 0 Å². The first-order valence-electron chi connectivity index (χ1n) is 8.62. The van der Waals surface area contributed by atoms with E-state index in [2.05, 4.69) is 10.5 Å². The summed E-state index contributed by atoms with van der Waals surface area (Å²) in [5.74, 6) is 0.601. The van der Waals surface area contributed by atoms with Crippen molar-refractivity contribution in [3.63, 3.8) is 0 Å². The van der Waals surface area contributed by atoms with Crippen LogP contribution in [0.25, 0.3) is 0 Å². The molecule has 0 fully saturated rings. The number of halogens is 1. The summed E-state index contributed by atoms with van der Waals surface area (Å²) >= 11 is 0. The summed E-state index contributed by atoms with van der Waals surface area (Å²) < 4.78 is 24.0. The van der Waals surface area contributed by atoms with Crippen molar-refractivity contribution in [2.24, 2.45) is 0 Å². The summed E-state index contributed by atoms with van der Waals surface area (Å²) in [5, 5.41) is 6.63. The second-order valence-corrected chi connectivity index (χ2v) is 6.43. The molecular formula is C21H21FN2O3. The highest BCUT2D eigenvalue weighted by molar-refractivity contribution is 5.93. The number of aromatic nitrogens is 1. The third-order valence-electron chi connectivity index (χ3n) is 4.27. The lowest BCUT2D eigenvalue weighted by Crippen LogP contribution is -2.24. The van der Waals surface area contributed by atoms with Gasteiger partial charge in [0.05, 0.1) is 5.56 Å². The Hall–Kier alpha value is -3.15. The molecule has 140 valence electrons. The quantitative estimate of drug-likeness (QED) is 0.706. The monoisotopic (exact) mass is 368 g/mol. The van der Waals surface area contributed by atoms with Crippen LogP contribution < -0.4 is 10.1 Å². The lowest BCUT2D eigenvalue weighted by atomic mass is 10.1. The molecule has 2 aromatic carbocycles. The van der Waals surface area contributed by atoms with E-state index >= 15 is 0 Å². The van der Waals surface area contributed by atoms with Crippen molar-refractivity contribution < 1.29 is 18.4 Å². The predicted octanol–water partition coefficient (Wildman–Crippen LogP) is 4.25. The summed E-state index contributed by atoms with van der Waals surface area (Å²) in [7, 11) is 0. The second kappa shape index (κ2) is 8.03. The molecule has 0 saturated carbocycles. The maximum absolute atomic E-state index is 13.0. The topological polar surface area (TPSA) is 64.4 Å². The molecule has 0 unspecified atom stereocenters. The number of rotatable bonds is 6. The molecule has 0 atom stereocenters. The minimum Gasteiger partial charge on any atom is -0.488 e. The number of nitrogens with one attached hydrogen (secondary N) is 1. The Balaban J connectivity index is 1.68. The number of hydrogen-bond donors (Lipinski definition) is 1. The summed E-state index contributed by atoms with van der Waals surface area (Å²) in [6.07, 6.45) is 0. The average Bonchev–Trinajstić information content (AvgIpc) is 3.01. The smallest absolute Gasteiger partial charge is 0.274 e. The molecule has 0 bridgehead atoms. The molecule has 0 aliphatic heterocycles. The zero-order valence-electron chi connectivity index (χ0n) is 15.5. The van der Waals surface area contributed by atoms with Gasteiger partial charge in [0.1, 0.15) is 23.9 Å². The minimum absolute atomic E-state index is 0.179. The molecule has 1 amide bonds. The van der Waals surface area contributed by atoms with E-state index in [1.54, 1.807) is 19.1 Å². The standard InChI is InChI=1S/C21H21FN2O3/c1-13-4-9-19(14(2)10-13)26-12-18-15(3)27-24-20(18)21(25)23-11-16-5-7-17(22)8-6-16/h4-10H,11-12H2,1-3H3,(H,23,25). The number of ether oxygens (including phenoxy) is 1. The van der Waals surface area contributed by atoms with Crippen molar-refractivity contribution in [2.45, 2.75) is 33.9 Å². The van der Waals surface area contributed by atoms with Gasteiger partial charge in [0.25, 0.3) is 5.91 Å². The summed E-state index contributed by atoms with van der Waals surface area (Å²) in [6, 6.07) is 11.9. The van der Waals surface area contributed by atoms with E-state index in [9.17, 15) is 9.18 Å². The van der Waals surface area contributed by atoms with Crippen LogP contribution in [0.2, 0.25) is 0 Å². The highest BCUT2D eigenvalue weighted by Crippen LogP contribution is 2.22. The Kier molecular flexibility index (Phi) is 5.54. The van der Waals surface area contributed by atoms with Gasteiger partial charge in [-0.1, -0.05) is 35.0 Å². The van der Waals surface area contributed by atoms with E-state index in [-0.39, 0.29) is 30.6 Å². The van der Waals surface area contributed by atoms with Crippen molar-refractivity contribution in [3.8, 4) is 5.75 Å². The molecule has 1 aromatic heterocycles. The van der Waals surface area contributed by atoms with E-state index in [0.717, 1.165) is 22.4 Å². The Morgan fingerprint density at radius 3 is 2.59 bits per heavy atom. The van der Waals surface area contributed by atoms with Crippen molar-refractivity contribution >= 4 is 5.91 Å². The Labute approximate surface area is 157 Å². The molecule has 0 radical (unpaired) electrons. The molecule has 0 aliphatic rings. The van der Waals surface area contributed by atoms with Crippen LogP contribution in [-0.2, 0) is 13.2 Å². The lowest BCUT2D eigenvalue weighted by molar-refractivity contribution is 0.0939. The van der Waals surface area contributed by atoms with E-state index < -0.39 is 0 Å². The van der Waals surface area contributed by atoms with Gasteiger partial charge in [0.2, 0.25) is 0 Å². The highest BCUT2D eigenvalue weighted by Gasteiger charge is 2.20. The first-order valence-corrected chi connectivity index (χ1v) is 8.62. The number of carbonyl (C=O) groups is 1. The van der Waals surface area contributed by atoms with E-state index in [1.165, 1.54) is 12.1 Å². The van der Waals surface area contributed by atoms with Gasteiger partial charge in [-0.05, 0) is 50.1 Å². The number of benzene rings is 2. The lowest BCUT2D eigenvalue weighted by Gasteiger charge is -2.10. The minimum atomic E-state index is -0.365. The number of hydrogen-bond acceptors (Lipinski definition) is 4. The van der Waals surface area contributed by atoms with Gasteiger partial charge < -0.3 is 14.6 Å². The van der Waals surface area contributed by atoms with Crippen LogP contribution in [0, 0.1) is 26.6 Å². The highest BCUT2D eigenvalue weighted by atomic mass is 19.1. The molecule has 27 heavy (non-hydrogen) atoms. The van der Waals surface area contributed by atoms with Gasteiger partial charge in [0, 0.05) is 6.54 Å². The van der Waals surface area contributed by atoms with Gasteiger partial charge in [0.15, 0.2) is 5.69 Å². The largest absolute Gasteiger partial charge is 0.488 e. The van der Waals surface area contributed by atoms with Gasteiger partial charge >= 0.3 is 0 Å². The fourth-order valence-corrected chi connectivity index (χ4v) is 2.72. The van der Waals surface area contributed by atoms with E-state index in [4.69, 9.17) is 9.26 Å². The fourth-order valence-electron chi connectivity index (χ4n) is 2.72. The Morgan fingerprint density at radius 1 is 1.15 bits per heavy atom. The van der Waals surface area contributed by atoms with E-state index in [1.807, 2.05) is 32.0 Å². The maximum Gasteiger partial charge on any atom is 0.274 e. The fraction of sp³-hybridized carbons (Fsp3) is 0.238. The van der Waals surface area contributed by atoms with Crippen LogP contribution >= 0.6 is 0 Å². The first kappa shape index (κ1) is 18.6. The van der Waals surface area contributed by atoms with Gasteiger partial charge in [-0.15, -0.1) is 0 Å². The van der Waals surface area contributed by atoms with Gasteiger partial charge in [-0.3, -0.25) is 4.79 Å². The molecule has 0 saturated heterocycles. The van der Waals surface area contributed by atoms with Crippen LogP contribution in [0.3, 0.4) is 0 Å². The average molecular weight is 368 g/mol. The number of carbonyl (C=O) groups excluding carboxylic acids is 1. The molecule has 1 N–H and O–H groups in total. The molecular weight excluding hydrogens is 347 g/mol. The van der Waals surface area contributed by atoms with Crippen LogP contribution in [0.15, 0.2) is 47.0 Å². The molecule has 3 rings (SSSR count).